The van der Waals surface area contributed by atoms with Crippen molar-refractivity contribution >= 4 is 23.4 Å². The highest BCUT2D eigenvalue weighted by Gasteiger charge is 2.64. The first-order valence-corrected chi connectivity index (χ1v) is 12.1. The minimum atomic E-state index is -2.97. The summed E-state index contributed by atoms with van der Waals surface area (Å²) >= 11 is 0. The van der Waals surface area contributed by atoms with E-state index in [0.29, 0.717) is 19.6 Å². The van der Waals surface area contributed by atoms with Gasteiger partial charge < -0.3 is 24.6 Å². The number of nitrogens with one attached hydrogen (secondary N) is 2. The van der Waals surface area contributed by atoms with Gasteiger partial charge in [0.15, 0.2) is 6.23 Å². The number of hydroxylamine groups is 2. The Kier molecular flexibility index (Phi) is 7.43. The number of hydrogen-bond donors (Lipinski definition) is 3. The summed E-state index contributed by atoms with van der Waals surface area (Å²) in [5, 5.41) is 19.5. The normalized spacial score (nSPS) is 24.2. The molecule has 15 heteroatoms. The first kappa shape index (κ1) is 26.2. The van der Waals surface area contributed by atoms with Gasteiger partial charge in [-0.2, -0.15) is 0 Å². The fourth-order valence-electron chi connectivity index (χ4n) is 4.58. The molecule has 1 aromatic carbocycles. The minimum Gasteiger partial charge on any atom is -0.439 e. The number of carbonyl (C=O) groups is 2. The maximum absolute atomic E-state index is 15.2. The van der Waals surface area contributed by atoms with E-state index in [0.717, 1.165) is 5.56 Å². The molecule has 12 nitrogen and oxygen atoms in total. The molecule has 5 rings (SSSR count). The Labute approximate surface area is 215 Å². The van der Waals surface area contributed by atoms with E-state index in [4.69, 9.17) is 14.1 Å². The van der Waals surface area contributed by atoms with Crippen LogP contribution < -0.4 is 20.4 Å². The fraction of sp³-hybridized carbons (Fsp3) is 0.522. The van der Waals surface area contributed by atoms with Crippen LogP contribution in [0, 0.1) is 5.82 Å². The van der Waals surface area contributed by atoms with E-state index < -0.39 is 36.2 Å². The van der Waals surface area contributed by atoms with Crippen molar-refractivity contribution in [1.29, 1.82) is 0 Å². The number of carbonyl (C=O) groups excluding carboxylic acids is 2. The molecule has 1 aromatic heterocycles. The number of halogens is 3. The number of anilines is 2. The molecule has 0 bridgehead atoms. The van der Waals surface area contributed by atoms with Crippen LogP contribution in [0.2, 0.25) is 0 Å². The summed E-state index contributed by atoms with van der Waals surface area (Å²) in [5.74, 6) is -0.848. The highest BCUT2D eigenvalue weighted by atomic mass is 19.3. The van der Waals surface area contributed by atoms with Crippen molar-refractivity contribution in [2.24, 2.45) is 0 Å². The first-order chi connectivity index (χ1) is 18.3. The summed E-state index contributed by atoms with van der Waals surface area (Å²) < 4.78 is 50.5. The fourth-order valence-corrected chi connectivity index (χ4v) is 4.58. The predicted octanol–water partition coefficient (Wildman–Crippen LogP) is 0.824. The van der Waals surface area contributed by atoms with E-state index in [9.17, 15) is 23.5 Å². The van der Waals surface area contributed by atoms with Gasteiger partial charge in [-0.15, -0.1) is 0 Å². The number of alkyl halides is 2. The van der Waals surface area contributed by atoms with Gasteiger partial charge in [-0.3, -0.25) is 19.8 Å². The van der Waals surface area contributed by atoms with E-state index >= 15 is 4.39 Å². The smallest absolute Gasteiger partial charge is 0.415 e. The molecule has 3 heterocycles. The Bertz CT molecular complexity index is 1160. The number of aliphatic hydroxyl groups excluding tert-OH is 1. The second-order valence-electron chi connectivity index (χ2n) is 9.31. The van der Waals surface area contributed by atoms with Crippen LogP contribution in [0.15, 0.2) is 35.2 Å². The van der Waals surface area contributed by atoms with Gasteiger partial charge in [0.2, 0.25) is 0 Å². The van der Waals surface area contributed by atoms with Crippen LogP contribution in [0.25, 0.3) is 0 Å². The van der Waals surface area contributed by atoms with Crippen molar-refractivity contribution in [3.05, 3.63) is 42.0 Å². The van der Waals surface area contributed by atoms with Crippen molar-refractivity contribution in [3.63, 3.8) is 0 Å². The monoisotopic (exact) mass is 540 g/mol. The number of rotatable bonds is 9. The zero-order valence-corrected chi connectivity index (χ0v) is 20.2. The molecular formula is C23H27F3N6O6. The van der Waals surface area contributed by atoms with Crippen LogP contribution in [-0.2, 0) is 20.9 Å². The lowest BCUT2D eigenvalue weighted by atomic mass is 10.2. The second-order valence-corrected chi connectivity index (χ2v) is 9.31. The lowest BCUT2D eigenvalue weighted by molar-refractivity contribution is -0.180. The van der Waals surface area contributed by atoms with Crippen LogP contribution in [0.3, 0.4) is 0 Å². The molecule has 3 unspecified atom stereocenters. The lowest BCUT2D eigenvalue weighted by Crippen LogP contribution is -2.41. The second kappa shape index (κ2) is 10.8. The number of nitrogens with zero attached hydrogens (tertiary/aromatic N) is 4. The van der Waals surface area contributed by atoms with Crippen LogP contribution >= 0.6 is 0 Å². The molecule has 206 valence electrons. The van der Waals surface area contributed by atoms with Crippen molar-refractivity contribution in [2.45, 2.75) is 37.3 Å². The van der Waals surface area contributed by atoms with Crippen molar-refractivity contribution in [3.8, 4) is 0 Å². The van der Waals surface area contributed by atoms with E-state index in [2.05, 4.69) is 15.8 Å². The van der Waals surface area contributed by atoms with E-state index in [-0.39, 0.29) is 49.9 Å². The molecule has 2 aromatic rings. The van der Waals surface area contributed by atoms with Crippen LogP contribution in [0.4, 0.5) is 29.3 Å². The topological polar surface area (TPSA) is 133 Å². The van der Waals surface area contributed by atoms with Crippen LogP contribution in [-0.4, -0.2) is 91.0 Å². The predicted molar refractivity (Wildman–Crippen MR) is 125 cm³/mol. The summed E-state index contributed by atoms with van der Waals surface area (Å²) in [6.45, 7) is 1.53. The maximum Gasteiger partial charge on any atom is 0.415 e. The zero-order valence-electron chi connectivity index (χ0n) is 20.2. The molecule has 38 heavy (non-hydrogen) atoms. The Balaban J connectivity index is 1.15. The number of amides is 2. The molecule has 3 N–H and O–H groups in total. The van der Waals surface area contributed by atoms with Gasteiger partial charge in [0.1, 0.15) is 17.7 Å². The molecular weight excluding hydrogens is 513 g/mol. The molecule has 3 fully saturated rings. The van der Waals surface area contributed by atoms with Gasteiger partial charge in [-0.05, 0) is 18.2 Å². The lowest BCUT2D eigenvalue weighted by Gasteiger charge is -2.24. The summed E-state index contributed by atoms with van der Waals surface area (Å²) in [4.78, 5) is 33.5. The molecule has 2 saturated heterocycles. The summed E-state index contributed by atoms with van der Waals surface area (Å²) in [6.07, 6.45) is -2.43. The summed E-state index contributed by atoms with van der Waals surface area (Å²) in [7, 11) is 0. The van der Waals surface area contributed by atoms with Gasteiger partial charge in [-0.25, -0.2) is 23.0 Å². The van der Waals surface area contributed by atoms with Crippen molar-refractivity contribution < 1.29 is 42.0 Å². The van der Waals surface area contributed by atoms with Gasteiger partial charge in [0.25, 0.3) is 12.3 Å². The van der Waals surface area contributed by atoms with Crippen molar-refractivity contribution in [1.82, 2.24) is 20.9 Å². The molecule has 3 aliphatic rings. The molecule has 1 spiro atoms. The van der Waals surface area contributed by atoms with Crippen LogP contribution in [0.5, 0.6) is 0 Å². The van der Waals surface area contributed by atoms with Crippen molar-refractivity contribution in [2.75, 3.05) is 49.1 Å². The Morgan fingerprint density at radius 3 is 2.87 bits per heavy atom. The molecule has 3 atom stereocenters. The zero-order chi connectivity index (χ0) is 26.9. The van der Waals surface area contributed by atoms with Gasteiger partial charge >= 0.3 is 6.09 Å². The number of hydrogen-bond acceptors (Lipinski definition) is 10. The Morgan fingerprint density at radius 2 is 2.13 bits per heavy atom. The number of benzene rings is 1. The number of ether oxygens (including phenoxy) is 1. The standard InChI is InChI=1S/C23H27F3N6O6/c24-16-7-15(31-13-23(38-22(31)35)8-18(23)29-21(34)20(25)26)1-2-17(16)30-3-4-32(37-6-5-30)19(33)11-27-9-14-10-28-36-12-14/h1-2,7,10,12,18,20-21,27,29,34H,3-6,8-9,11,13H2. The molecule has 0 radical (unpaired) electrons. The average molecular weight is 540 g/mol. The van der Waals surface area contributed by atoms with Gasteiger partial charge in [0.05, 0.1) is 49.9 Å². The molecule has 2 aliphatic heterocycles. The van der Waals surface area contributed by atoms with E-state index in [1.807, 2.05) is 0 Å². The third-order valence-corrected chi connectivity index (χ3v) is 6.70. The molecule has 1 aliphatic carbocycles. The minimum absolute atomic E-state index is 0.0397. The number of aromatic nitrogens is 1. The average Bonchev–Trinajstić information content (AvgIpc) is 3.17. The highest BCUT2D eigenvalue weighted by Crippen LogP contribution is 2.46. The summed E-state index contributed by atoms with van der Waals surface area (Å²) in [6, 6.07) is 3.69. The van der Waals surface area contributed by atoms with Gasteiger partial charge in [-0.1, -0.05) is 5.16 Å². The quantitative estimate of drug-likeness (QED) is 0.393. The largest absolute Gasteiger partial charge is 0.439 e. The third-order valence-electron chi connectivity index (χ3n) is 6.70. The van der Waals surface area contributed by atoms with Gasteiger partial charge in [0, 0.05) is 31.6 Å². The third kappa shape index (κ3) is 5.55. The summed E-state index contributed by atoms with van der Waals surface area (Å²) in [5.41, 5.74) is 0.307. The van der Waals surface area contributed by atoms with Crippen LogP contribution in [0.1, 0.15) is 12.0 Å². The Morgan fingerprint density at radius 1 is 1.29 bits per heavy atom. The SMILES string of the molecule is O=C(CNCc1cnoc1)N1CCN(c2ccc(N3CC4(CC4NC(O)C(F)F)OC3=O)cc2F)CCO1. The Hall–Kier alpha value is -3.40. The first-order valence-electron chi connectivity index (χ1n) is 12.1. The van der Waals surface area contributed by atoms with E-state index in [1.165, 1.54) is 28.4 Å². The highest BCUT2D eigenvalue weighted by molar-refractivity contribution is 5.91. The van der Waals surface area contributed by atoms with E-state index in [1.54, 1.807) is 17.2 Å². The maximum atomic E-state index is 15.2. The number of aliphatic hydroxyl groups is 1. The molecule has 1 saturated carbocycles. The molecule has 2 amide bonds.